The lowest BCUT2D eigenvalue weighted by Crippen LogP contribution is -2.33. The minimum absolute atomic E-state index is 0.211. The van der Waals surface area contributed by atoms with Gasteiger partial charge >= 0.3 is 0 Å². The Morgan fingerprint density at radius 3 is 2.68 bits per heavy atom. The van der Waals surface area contributed by atoms with Gasteiger partial charge in [0.25, 0.3) is 0 Å². The molecule has 1 aromatic rings. The zero-order valence-electron chi connectivity index (χ0n) is 11.9. The summed E-state index contributed by atoms with van der Waals surface area (Å²) in [5, 5.41) is 0. The fourth-order valence-corrected chi connectivity index (χ4v) is 2.75. The van der Waals surface area contributed by atoms with Gasteiger partial charge in [-0.1, -0.05) is 6.92 Å². The summed E-state index contributed by atoms with van der Waals surface area (Å²) in [5.74, 6) is 1.04. The van der Waals surface area contributed by atoms with Crippen LogP contribution in [0.1, 0.15) is 43.5 Å². The van der Waals surface area contributed by atoms with E-state index in [0.29, 0.717) is 19.2 Å². The van der Waals surface area contributed by atoms with Crippen molar-refractivity contribution >= 4 is 5.78 Å². The molecule has 0 aromatic heterocycles. The second-order valence-electron chi connectivity index (χ2n) is 5.06. The van der Waals surface area contributed by atoms with Crippen LogP contribution in [0.25, 0.3) is 0 Å². The highest BCUT2D eigenvalue weighted by atomic mass is 16.5. The molecule has 2 rings (SSSR count). The van der Waals surface area contributed by atoms with Crippen LogP contribution in [0.15, 0.2) is 24.3 Å². The molecule has 1 aliphatic rings. The van der Waals surface area contributed by atoms with Crippen molar-refractivity contribution in [1.82, 2.24) is 4.90 Å². The predicted molar refractivity (Wildman–Crippen MR) is 76.8 cm³/mol. The van der Waals surface area contributed by atoms with Gasteiger partial charge in [-0.3, -0.25) is 9.69 Å². The molecule has 1 heterocycles. The smallest absolute Gasteiger partial charge is 0.176 e. The lowest BCUT2D eigenvalue weighted by Gasteiger charge is -2.22. The first-order valence-corrected chi connectivity index (χ1v) is 7.24. The molecule has 3 heteroatoms. The van der Waals surface area contributed by atoms with E-state index in [2.05, 4.69) is 11.8 Å². The Morgan fingerprint density at radius 1 is 1.32 bits per heavy atom. The average molecular weight is 261 g/mol. The van der Waals surface area contributed by atoms with Crippen molar-refractivity contribution in [2.24, 2.45) is 0 Å². The molecular formula is C16H23NO2. The molecular weight excluding hydrogens is 238 g/mol. The molecule has 0 N–H and O–H groups in total. The molecule has 19 heavy (non-hydrogen) atoms. The molecule has 0 aliphatic carbocycles. The second-order valence-corrected chi connectivity index (χ2v) is 5.06. The Morgan fingerprint density at radius 2 is 2.05 bits per heavy atom. The van der Waals surface area contributed by atoms with Crippen LogP contribution < -0.4 is 4.74 Å². The SMILES string of the molecule is CCOc1ccc(C(=O)CN2CCCC2CC)cc1. The monoisotopic (exact) mass is 261 g/mol. The number of likely N-dealkylation sites (tertiary alicyclic amines) is 1. The van der Waals surface area contributed by atoms with Crippen molar-refractivity contribution in [2.45, 2.75) is 39.2 Å². The normalized spacial score (nSPS) is 19.6. The highest BCUT2D eigenvalue weighted by Crippen LogP contribution is 2.20. The summed E-state index contributed by atoms with van der Waals surface area (Å²) >= 11 is 0. The second kappa shape index (κ2) is 6.71. The summed E-state index contributed by atoms with van der Waals surface area (Å²) < 4.78 is 5.39. The standard InChI is InChI=1S/C16H23NO2/c1-3-14-6-5-11-17(14)12-16(18)13-7-9-15(10-8-13)19-4-2/h7-10,14H,3-6,11-12H2,1-2H3. The van der Waals surface area contributed by atoms with Crippen LogP contribution in [0.4, 0.5) is 0 Å². The quantitative estimate of drug-likeness (QED) is 0.737. The lowest BCUT2D eigenvalue weighted by atomic mass is 10.1. The molecule has 0 saturated carbocycles. The Bertz CT molecular complexity index is 413. The molecule has 3 nitrogen and oxygen atoms in total. The van der Waals surface area contributed by atoms with Crippen LogP contribution >= 0.6 is 0 Å². The summed E-state index contributed by atoms with van der Waals surface area (Å²) in [4.78, 5) is 14.6. The summed E-state index contributed by atoms with van der Waals surface area (Å²) in [6.45, 7) is 6.41. The molecule has 0 amide bonds. The van der Waals surface area contributed by atoms with Gasteiger partial charge < -0.3 is 4.74 Å². The number of hydrogen-bond donors (Lipinski definition) is 0. The largest absolute Gasteiger partial charge is 0.494 e. The van der Waals surface area contributed by atoms with Crippen molar-refractivity contribution < 1.29 is 9.53 Å². The first-order chi connectivity index (χ1) is 9.24. The summed E-state index contributed by atoms with van der Waals surface area (Å²) in [7, 11) is 0. The van der Waals surface area contributed by atoms with Gasteiger partial charge in [-0.05, 0) is 57.0 Å². The predicted octanol–water partition coefficient (Wildman–Crippen LogP) is 3.14. The maximum Gasteiger partial charge on any atom is 0.176 e. The van der Waals surface area contributed by atoms with Gasteiger partial charge in [0.1, 0.15) is 5.75 Å². The first-order valence-electron chi connectivity index (χ1n) is 7.24. The first kappa shape index (κ1) is 14.1. The van der Waals surface area contributed by atoms with Crippen molar-refractivity contribution in [3.05, 3.63) is 29.8 Å². The van der Waals surface area contributed by atoms with E-state index < -0.39 is 0 Å². The molecule has 1 saturated heterocycles. The minimum Gasteiger partial charge on any atom is -0.494 e. The van der Waals surface area contributed by atoms with Gasteiger partial charge in [0.15, 0.2) is 5.78 Å². The van der Waals surface area contributed by atoms with E-state index in [0.717, 1.165) is 24.3 Å². The fourth-order valence-electron chi connectivity index (χ4n) is 2.75. The van der Waals surface area contributed by atoms with Crippen LogP contribution in [0.3, 0.4) is 0 Å². The zero-order chi connectivity index (χ0) is 13.7. The van der Waals surface area contributed by atoms with Crippen molar-refractivity contribution in [3.63, 3.8) is 0 Å². The summed E-state index contributed by atoms with van der Waals surface area (Å²) in [6.07, 6.45) is 3.58. The minimum atomic E-state index is 0.211. The molecule has 0 radical (unpaired) electrons. The number of Topliss-reactive ketones (excluding diaryl/α,β-unsaturated/α-hetero) is 1. The average Bonchev–Trinajstić information content (AvgIpc) is 2.87. The maximum absolute atomic E-state index is 12.2. The number of nitrogens with zero attached hydrogens (tertiary/aromatic N) is 1. The number of benzene rings is 1. The number of carbonyl (C=O) groups excluding carboxylic acids is 1. The van der Waals surface area contributed by atoms with Crippen LogP contribution in [0, 0.1) is 0 Å². The highest BCUT2D eigenvalue weighted by Gasteiger charge is 2.24. The van der Waals surface area contributed by atoms with E-state index in [1.807, 2.05) is 31.2 Å². The molecule has 0 bridgehead atoms. The van der Waals surface area contributed by atoms with Crippen molar-refractivity contribution in [2.75, 3.05) is 19.7 Å². The van der Waals surface area contributed by atoms with Gasteiger partial charge in [-0.2, -0.15) is 0 Å². The van der Waals surface area contributed by atoms with Gasteiger partial charge in [-0.25, -0.2) is 0 Å². The molecule has 1 aromatic carbocycles. The Hall–Kier alpha value is -1.35. The maximum atomic E-state index is 12.2. The molecule has 1 aliphatic heterocycles. The molecule has 1 fully saturated rings. The molecule has 0 spiro atoms. The Kier molecular flexibility index (Phi) is 4.97. The molecule has 1 unspecified atom stereocenters. The van der Waals surface area contributed by atoms with Gasteiger partial charge in [-0.15, -0.1) is 0 Å². The fraction of sp³-hybridized carbons (Fsp3) is 0.562. The van der Waals surface area contributed by atoms with Crippen molar-refractivity contribution in [3.8, 4) is 5.75 Å². The third-order valence-corrected chi connectivity index (χ3v) is 3.80. The number of hydrogen-bond acceptors (Lipinski definition) is 3. The summed E-state index contributed by atoms with van der Waals surface area (Å²) in [6, 6.07) is 8.07. The lowest BCUT2D eigenvalue weighted by molar-refractivity contribution is 0.0920. The number of carbonyl (C=O) groups is 1. The van der Waals surface area contributed by atoms with Gasteiger partial charge in [0, 0.05) is 11.6 Å². The number of rotatable bonds is 6. The topological polar surface area (TPSA) is 29.5 Å². The van der Waals surface area contributed by atoms with E-state index in [1.165, 1.54) is 12.8 Å². The Balaban J connectivity index is 1.95. The zero-order valence-corrected chi connectivity index (χ0v) is 11.9. The van der Waals surface area contributed by atoms with Crippen LogP contribution in [0.2, 0.25) is 0 Å². The van der Waals surface area contributed by atoms with E-state index in [-0.39, 0.29) is 5.78 Å². The van der Waals surface area contributed by atoms with Gasteiger partial charge in [0.05, 0.1) is 13.2 Å². The van der Waals surface area contributed by atoms with E-state index in [4.69, 9.17) is 4.74 Å². The molecule has 104 valence electrons. The highest BCUT2D eigenvalue weighted by molar-refractivity contribution is 5.97. The number of ketones is 1. The number of ether oxygens (including phenoxy) is 1. The molecule has 1 atom stereocenters. The summed E-state index contributed by atoms with van der Waals surface area (Å²) in [5.41, 5.74) is 0.783. The van der Waals surface area contributed by atoms with E-state index in [9.17, 15) is 4.79 Å². The van der Waals surface area contributed by atoms with Crippen LogP contribution in [0.5, 0.6) is 5.75 Å². The van der Waals surface area contributed by atoms with Crippen LogP contribution in [-0.4, -0.2) is 36.4 Å². The van der Waals surface area contributed by atoms with Crippen LogP contribution in [-0.2, 0) is 0 Å². The van der Waals surface area contributed by atoms with E-state index >= 15 is 0 Å². The third-order valence-electron chi connectivity index (χ3n) is 3.80. The van der Waals surface area contributed by atoms with Gasteiger partial charge in [0.2, 0.25) is 0 Å². The van der Waals surface area contributed by atoms with E-state index in [1.54, 1.807) is 0 Å². The van der Waals surface area contributed by atoms with Crippen molar-refractivity contribution in [1.29, 1.82) is 0 Å². The Labute approximate surface area is 115 Å². The third kappa shape index (κ3) is 3.57.